The molecule has 0 fully saturated rings. The third kappa shape index (κ3) is 4.01. The third-order valence-corrected chi connectivity index (χ3v) is 5.20. The molecule has 1 aromatic carbocycles. The van der Waals surface area contributed by atoms with Crippen LogP contribution in [0.25, 0.3) is 0 Å². The van der Waals surface area contributed by atoms with Crippen LogP contribution in [0.5, 0.6) is 5.88 Å². The molecule has 0 amide bonds. The van der Waals surface area contributed by atoms with Crippen molar-refractivity contribution in [2.45, 2.75) is 26.1 Å². The fourth-order valence-corrected chi connectivity index (χ4v) is 3.79. The van der Waals surface area contributed by atoms with E-state index in [2.05, 4.69) is 35.9 Å². The number of hydrogen-bond acceptors (Lipinski definition) is 5. The maximum atomic E-state index is 14.1. The summed E-state index contributed by atoms with van der Waals surface area (Å²) < 4.78 is 22.6. The molecule has 2 aromatic heterocycles. The van der Waals surface area contributed by atoms with E-state index in [9.17, 15) is 4.39 Å². The number of rotatable bonds is 5. The Kier molecular flexibility index (Phi) is 5.18. The molecule has 0 unspecified atom stereocenters. The predicted molar refractivity (Wildman–Crippen MR) is 101 cm³/mol. The minimum atomic E-state index is -0.179. The van der Waals surface area contributed by atoms with Gasteiger partial charge in [0.05, 0.1) is 6.20 Å². The highest BCUT2D eigenvalue weighted by molar-refractivity contribution is 9.10. The van der Waals surface area contributed by atoms with Crippen LogP contribution in [0.2, 0.25) is 0 Å². The van der Waals surface area contributed by atoms with Gasteiger partial charge in [0.1, 0.15) is 18.1 Å². The maximum absolute atomic E-state index is 14.1. The molecule has 0 N–H and O–H groups in total. The van der Waals surface area contributed by atoms with Crippen LogP contribution in [0.1, 0.15) is 22.5 Å². The van der Waals surface area contributed by atoms with Crippen LogP contribution >= 0.6 is 15.9 Å². The molecule has 0 saturated heterocycles. The van der Waals surface area contributed by atoms with Gasteiger partial charge in [-0.2, -0.15) is 5.10 Å². The standard InChI is InChI=1S/C19H19BrFN5O/c1-25-18-4-7-26(10-13-8-14(20)2-3-16(13)21)11-15(18)17(24-25)12-27-19-9-22-5-6-23-19/h2-3,5-6,8-9H,4,7,10-12H2,1H3. The van der Waals surface area contributed by atoms with Gasteiger partial charge >= 0.3 is 0 Å². The number of halogens is 2. The Balaban J connectivity index is 1.50. The lowest BCUT2D eigenvalue weighted by Crippen LogP contribution is -2.31. The van der Waals surface area contributed by atoms with Gasteiger partial charge in [-0.25, -0.2) is 9.37 Å². The molecule has 0 aliphatic carbocycles. The lowest BCUT2D eigenvalue weighted by atomic mass is 10.0. The third-order valence-electron chi connectivity index (χ3n) is 4.70. The second-order valence-corrected chi connectivity index (χ2v) is 7.44. The lowest BCUT2D eigenvalue weighted by Gasteiger charge is -2.27. The minimum Gasteiger partial charge on any atom is -0.470 e. The first-order valence-corrected chi connectivity index (χ1v) is 9.48. The number of fused-ring (bicyclic) bond motifs is 1. The average Bonchev–Trinajstić information content (AvgIpc) is 2.99. The van der Waals surface area contributed by atoms with Crippen molar-refractivity contribution >= 4 is 15.9 Å². The van der Waals surface area contributed by atoms with Gasteiger partial charge in [0.25, 0.3) is 0 Å². The van der Waals surface area contributed by atoms with E-state index in [4.69, 9.17) is 4.74 Å². The van der Waals surface area contributed by atoms with E-state index in [1.807, 2.05) is 17.8 Å². The summed E-state index contributed by atoms with van der Waals surface area (Å²) in [5.41, 5.74) is 3.94. The molecule has 0 atom stereocenters. The van der Waals surface area contributed by atoms with Gasteiger partial charge in [0, 0.05) is 66.8 Å². The van der Waals surface area contributed by atoms with Crippen LogP contribution in [0.15, 0.2) is 41.3 Å². The van der Waals surface area contributed by atoms with Crippen molar-refractivity contribution in [1.82, 2.24) is 24.6 Å². The zero-order valence-corrected chi connectivity index (χ0v) is 16.5. The molecule has 4 rings (SSSR count). The molecular formula is C19H19BrFN5O. The van der Waals surface area contributed by atoms with E-state index in [1.54, 1.807) is 24.7 Å². The molecule has 8 heteroatoms. The molecule has 0 saturated carbocycles. The van der Waals surface area contributed by atoms with E-state index in [-0.39, 0.29) is 5.82 Å². The summed E-state index contributed by atoms with van der Waals surface area (Å²) in [4.78, 5) is 10.4. The molecule has 140 valence electrons. The highest BCUT2D eigenvalue weighted by Gasteiger charge is 2.24. The number of hydrogen-bond donors (Lipinski definition) is 0. The number of aryl methyl sites for hydroxylation is 1. The second kappa shape index (κ2) is 7.74. The van der Waals surface area contributed by atoms with E-state index in [0.29, 0.717) is 31.1 Å². The van der Waals surface area contributed by atoms with E-state index in [0.717, 1.165) is 28.7 Å². The number of benzene rings is 1. The summed E-state index contributed by atoms with van der Waals surface area (Å²) in [6.45, 7) is 2.47. The van der Waals surface area contributed by atoms with Crippen molar-refractivity contribution in [2.75, 3.05) is 6.54 Å². The molecular weight excluding hydrogens is 413 g/mol. The van der Waals surface area contributed by atoms with Crippen molar-refractivity contribution in [1.29, 1.82) is 0 Å². The zero-order valence-electron chi connectivity index (χ0n) is 14.9. The minimum absolute atomic E-state index is 0.179. The van der Waals surface area contributed by atoms with Crippen molar-refractivity contribution in [3.63, 3.8) is 0 Å². The van der Waals surface area contributed by atoms with Crippen molar-refractivity contribution < 1.29 is 9.13 Å². The van der Waals surface area contributed by atoms with Gasteiger partial charge in [0.2, 0.25) is 5.88 Å². The Hall–Kier alpha value is -2.32. The highest BCUT2D eigenvalue weighted by atomic mass is 79.9. The first-order valence-electron chi connectivity index (χ1n) is 8.69. The normalized spacial score (nSPS) is 14.2. The Morgan fingerprint density at radius 1 is 1.30 bits per heavy atom. The van der Waals surface area contributed by atoms with Crippen molar-refractivity contribution in [3.8, 4) is 5.88 Å². The van der Waals surface area contributed by atoms with Gasteiger partial charge in [-0.15, -0.1) is 0 Å². The first kappa shape index (κ1) is 18.1. The van der Waals surface area contributed by atoms with Crippen molar-refractivity contribution in [3.05, 3.63) is 69.6 Å². The summed E-state index contributed by atoms with van der Waals surface area (Å²) in [6, 6.07) is 5.06. The number of nitrogens with zero attached hydrogens (tertiary/aromatic N) is 5. The Labute approximate surface area is 165 Å². The topological polar surface area (TPSA) is 56.1 Å². The van der Waals surface area contributed by atoms with Crippen LogP contribution in [-0.4, -0.2) is 31.2 Å². The Morgan fingerprint density at radius 2 is 2.19 bits per heavy atom. The summed E-state index contributed by atoms with van der Waals surface area (Å²) in [5, 5.41) is 4.62. The molecule has 1 aliphatic heterocycles. The van der Waals surface area contributed by atoms with E-state index < -0.39 is 0 Å². The predicted octanol–water partition coefficient (Wildman–Crippen LogP) is 3.25. The maximum Gasteiger partial charge on any atom is 0.232 e. The van der Waals surface area contributed by atoms with Crippen molar-refractivity contribution in [2.24, 2.45) is 7.05 Å². The van der Waals surface area contributed by atoms with E-state index >= 15 is 0 Å². The molecule has 3 heterocycles. The Morgan fingerprint density at radius 3 is 3.00 bits per heavy atom. The van der Waals surface area contributed by atoms with Crippen LogP contribution in [-0.2, 0) is 33.2 Å². The molecule has 0 radical (unpaired) electrons. The van der Waals surface area contributed by atoms with Gasteiger partial charge in [0.15, 0.2) is 0 Å². The largest absolute Gasteiger partial charge is 0.470 e. The number of aromatic nitrogens is 4. The molecule has 27 heavy (non-hydrogen) atoms. The molecule has 1 aliphatic rings. The fourth-order valence-electron chi connectivity index (χ4n) is 3.38. The monoisotopic (exact) mass is 431 g/mol. The highest BCUT2D eigenvalue weighted by Crippen LogP contribution is 2.25. The fraction of sp³-hybridized carbons (Fsp3) is 0.316. The summed E-state index contributed by atoms with van der Waals surface area (Å²) in [7, 11) is 1.95. The molecule has 0 spiro atoms. The zero-order chi connectivity index (χ0) is 18.8. The van der Waals surface area contributed by atoms with Gasteiger partial charge in [-0.3, -0.25) is 14.6 Å². The summed E-state index contributed by atoms with van der Waals surface area (Å²) >= 11 is 3.42. The first-order chi connectivity index (χ1) is 13.1. The van der Waals surface area contributed by atoms with E-state index in [1.165, 1.54) is 11.8 Å². The van der Waals surface area contributed by atoms with Crippen LogP contribution < -0.4 is 4.74 Å². The smallest absolute Gasteiger partial charge is 0.232 e. The molecule has 6 nitrogen and oxygen atoms in total. The van der Waals surface area contributed by atoms with Gasteiger partial charge < -0.3 is 4.74 Å². The average molecular weight is 432 g/mol. The SMILES string of the molecule is Cn1nc(COc2cnccn2)c2c1CCN(Cc1cc(Br)ccc1F)C2. The summed E-state index contributed by atoms with van der Waals surface area (Å²) in [5.74, 6) is 0.294. The van der Waals surface area contributed by atoms with Crippen LogP contribution in [0.3, 0.4) is 0 Å². The van der Waals surface area contributed by atoms with Gasteiger partial charge in [-0.1, -0.05) is 15.9 Å². The Bertz CT molecular complexity index is 947. The number of ether oxygens (including phenoxy) is 1. The molecule has 3 aromatic rings. The van der Waals surface area contributed by atoms with Crippen LogP contribution in [0, 0.1) is 5.82 Å². The van der Waals surface area contributed by atoms with Gasteiger partial charge in [-0.05, 0) is 18.2 Å². The van der Waals surface area contributed by atoms with Crippen LogP contribution in [0.4, 0.5) is 4.39 Å². The summed E-state index contributed by atoms with van der Waals surface area (Å²) in [6.07, 6.45) is 5.66. The lowest BCUT2D eigenvalue weighted by molar-refractivity contribution is 0.235. The molecule has 0 bridgehead atoms. The second-order valence-electron chi connectivity index (χ2n) is 6.52. The quantitative estimate of drug-likeness (QED) is 0.620.